The second-order valence-electron chi connectivity index (χ2n) is 3.88. The van der Waals surface area contributed by atoms with Crippen LogP contribution in [0.1, 0.15) is 23.8 Å². The Morgan fingerprint density at radius 2 is 2.11 bits per heavy atom. The first-order chi connectivity index (χ1) is 9.04. The van der Waals surface area contributed by atoms with Gasteiger partial charge in [-0.25, -0.2) is 9.78 Å². The maximum Gasteiger partial charge on any atom is 0.355 e. The van der Waals surface area contributed by atoms with Gasteiger partial charge in [0.25, 0.3) is 0 Å². The third-order valence-electron chi connectivity index (χ3n) is 2.67. The molecule has 1 amide bonds. The molecule has 0 saturated carbocycles. The van der Waals surface area contributed by atoms with Gasteiger partial charge in [-0.15, -0.1) is 0 Å². The molecule has 1 aromatic carbocycles. The number of carboxylic acid groups (broad SMARTS) is 1. The molecule has 1 heterocycles. The predicted molar refractivity (Wildman–Crippen MR) is 75.3 cm³/mol. The number of carboxylic acids is 1. The summed E-state index contributed by atoms with van der Waals surface area (Å²) in [5.41, 5.74) is 0.534. The third kappa shape index (κ3) is 2.58. The quantitative estimate of drug-likeness (QED) is 0.910. The average Bonchev–Trinajstić information content (AvgIpc) is 2.41. The molecular weight excluding hydrogens is 312 g/mol. The van der Waals surface area contributed by atoms with Crippen molar-refractivity contribution in [1.82, 2.24) is 4.98 Å². The summed E-state index contributed by atoms with van der Waals surface area (Å²) >= 11 is 3.32. The Morgan fingerprint density at radius 3 is 2.74 bits per heavy atom. The number of halogens is 1. The largest absolute Gasteiger partial charge is 0.476 e. The molecule has 2 rings (SSSR count). The van der Waals surface area contributed by atoms with Crippen molar-refractivity contribution < 1.29 is 14.7 Å². The van der Waals surface area contributed by atoms with Crippen LogP contribution in [-0.2, 0) is 4.79 Å². The SMILES string of the molecule is CCC(=O)Nc1ccc(Br)c2c(C(=O)O)nccc12. The topological polar surface area (TPSA) is 79.3 Å². The van der Waals surface area contributed by atoms with E-state index in [1.165, 1.54) is 6.20 Å². The lowest BCUT2D eigenvalue weighted by molar-refractivity contribution is -0.115. The molecule has 0 radical (unpaired) electrons. The molecular formula is C13H11BrN2O3. The summed E-state index contributed by atoms with van der Waals surface area (Å²) in [6.07, 6.45) is 1.77. The first-order valence-corrected chi connectivity index (χ1v) is 6.44. The van der Waals surface area contributed by atoms with Crippen LogP contribution in [0, 0.1) is 0 Å². The van der Waals surface area contributed by atoms with E-state index in [0.29, 0.717) is 27.4 Å². The van der Waals surface area contributed by atoms with Crippen LogP contribution in [0.5, 0.6) is 0 Å². The van der Waals surface area contributed by atoms with Gasteiger partial charge in [-0.3, -0.25) is 4.79 Å². The molecule has 2 aromatic rings. The summed E-state index contributed by atoms with van der Waals surface area (Å²) in [6, 6.07) is 5.10. The number of nitrogens with zero attached hydrogens (tertiary/aromatic N) is 1. The zero-order valence-electron chi connectivity index (χ0n) is 10.1. The first-order valence-electron chi connectivity index (χ1n) is 5.65. The standard InChI is InChI=1S/C13H11BrN2O3/c1-2-10(17)16-9-4-3-8(14)11-7(9)5-6-15-12(11)13(18)19/h3-6H,2H2,1H3,(H,16,17)(H,18,19). The number of amides is 1. The van der Waals surface area contributed by atoms with Crippen molar-refractivity contribution in [2.75, 3.05) is 5.32 Å². The van der Waals surface area contributed by atoms with Crippen LogP contribution in [0.3, 0.4) is 0 Å². The highest BCUT2D eigenvalue weighted by Gasteiger charge is 2.15. The van der Waals surface area contributed by atoms with Gasteiger partial charge >= 0.3 is 5.97 Å². The molecule has 0 atom stereocenters. The zero-order chi connectivity index (χ0) is 14.0. The Kier molecular flexibility index (Phi) is 3.80. The van der Waals surface area contributed by atoms with E-state index in [1.807, 2.05) is 0 Å². The summed E-state index contributed by atoms with van der Waals surface area (Å²) in [4.78, 5) is 26.5. The molecule has 98 valence electrons. The number of rotatable bonds is 3. The molecule has 0 spiro atoms. The number of aromatic carboxylic acids is 1. The second-order valence-corrected chi connectivity index (χ2v) is 4.74. The summed E-state index contributed by atoms with van der Waals surface area (Å²) in [5.74, 6) is -1.23. The predicted octanol–water partition coefficient (Wildman–Crippen LogP) is 3.04. The Balaban J connectivity index is 2.69. The fourth-order valence-electron chi connectivity index (χ4n) is 1.77. The van der Waals surface area contributed by atoms with Crippen LogP contribution in [-0.4, -0.2) is 22.0 Å². The van der Waals surface area contributed by atoms with Crippen LogP contribution in [0.15, 0.2) is 28.9 Å². The highest BCUT2D eigenvalue weighted by atomic mass is 79.9. The lowest BCUT2D eigenvalue weighted by atomic mass is 10.1. The van der Waals surface area contributed by atoms with E-state index in [1.54, 1.807) is 25.1 Å². The first kappa shape index (κ1) is 13.5. The van der Waals surface area contributed by atoms with Crippen molar-refractivity contribution in [2.24, 2.45) is 0 Å². The van der Waals surface area contributed by atoms with E-state index < -0.39 is 5.97 Å². The Morgan fingerprint density at radius 1 is 1.37 bits per heavy atom. The minimum Gasteiger partial charge on any atom is -0.476 e. The van der Waals surface area contributed by atoms with Crippen LogP contribution < -0.4 is 5.32 Å². The van der Waals surface area contributed by atoms with E-state index in [2.05, 4.69) is 26.2 Å². The number of hydrogen-bond acceptors (Lipinski definition) is 3. The van der Waals surface area contributed by atoms with Gasteiger partial charge < -0.3 is 10.4 Å². The van der Waals surface area contributed by atoms with E-state index in [4.69, 9.17) is 5.11 Å². The average molecular weight is 323 g/mol. The number of carbonyl (C=O) groups is 2. The number of aromatic nitrogens is 1. The fourth-order valence-corrected chi connectivity index (χ4v) is 2.30. The number of fused-ring (bicyclic) bond motifs is 1. The van der Waals surface area contributed by atoms with Crippen LogP contribution in [0.25, 0.3) is 10.8 Å². The molecule has 0 saturated heterocycles. The Hall–Kier alpha value is -1.95. The molecule has 5 nitrogen and oxygen atoms in total. The Bertz CT molecular complexity index is 670. The molecule has 0 unspecified atom stereocenters. The van der Waals surface area contributed by atoms with E-state index >= 15 is 0 Å². The number of hydrogen-bond donors (Lipinski definition) is 2. The lowest BCUT2D eigenvalue weighted by Gasteiger charge is -2.10. The molecule has 0 aliphatic rings. The Labute approximate surface area is 117 Å². The fraction of sp³-hybridized carbons (Fsp3) is 0.154. The monoisotopic (exact) mass is 322 g/mol. The number of carbonyl (C=O) groups excluding carboxylic acids is 1. The smallest absolute Gasteiger partial charge is 0.355 e. The van der Waals surface area contributed by atoms with Gasteiger partial charge in [0.2, 0.25) is 5.91 Å². The minimum absolute atomic E-state index is 0.0445. The van der Waals surface area contributed by atoms with E-state index in [9.17, 15) is 9.59 Å². The minimum atomic E-state index is -1.11. The van der Waals surface area contributed by atoms with Crippen molar-refractivity contribution in [2.45, 2.75) is 13.3 Å². The van der Waals surface area contributed by atoms with Gasteiger partial charge in [-0.2, -0.15) is 0 Å². The van der Waals surface area contributed by atoms with Crippen LogP contribution in [0.2, 0.25) is 0 Å². The third-order valence-corrected chi connectivity index (χ3v) is 3.33. The van der Waals surface area contributed by atoms with Crippen molar-refractivity contribution >= 4 is 44.3 Å². The van der Waals surface area contributed by atoms with Gasteiger partial charge in [0.1, 0.15) is 0 Å². The highest BCUT2D eigenvalue weighted by molar-refractivity contribution is 9.10. The molecule has 19 heavy (non-hydrogen) atoms. The summed E-state index contributed by atoms with van der Waals surface area (Å²) in [7, 11) is 0. The number of nitrogens with one attached hydrogen (secondary N) is 1. The molecule has 6 heteroatoms. The summed E-state index contributed by atoms with van der Waals surface area (Å²) in [5, 5.41) is 13.0. The van der Waals surface area contributed by atoms with Gasteiger partial charge in [-0.1, -0.05) is 22.9 Å². The van der Waals surface area contributed by atoms with Crippen LogP contribution in [0.4, 0.5) is 5.69 Å². The zero-order valence-corrected chi connectivity index (χ0v) is 11.7. The van der Waals surface area contributed by atoms with Gasteiger partial charge in [-0.05, 0) is 18.2 Å². The maximum atomic E-state index is 11.5. The summed E-state index contributed by atoms with van der Waals surface area (Å²) < 4.78 is 0.627. The van der Waals surface area contributed by atoms with Gasteiger partial charge in [0, 0.05) is 33.6 Å². The second kappa shape index (κ2) is 5.36. The summed E-state index contributed by atoms with van der Waals surface area (Å²) in [6.45, 7) is 1.75. The van der Waals surface area contributed by atoms with Crippen molar-refractivity contribution in [3.8, 4) is 0 Å². The number of pyridine rings is 1. The molecule has 0 aliphatic heterocycles. The van der Waals surface area contributed by atoms with Gasteiger partial charge in [0.05, 0.1) is 0 Å². The lowest BCUT2D eigenvalue weighted by Crippen LogP contribution is -2.10. The van der Waals surface area contributed by atoms with Crippen molar-refractivity contribution in [1.29, 1.82) is 0 Å². The number of benzene rings is 1. The molecule has 0 bridgehead atoms. The number of anilines is 1. The van der Waals surface area contributed by atoms with E-state index in [0.717, 1.165) is 0 Å². The normalized spacial score (nSPS) is 10.4. The molecule has 0 aliphatic carbocycles. The van der Waals surface area contributed by atoms with Crippen molar-refractivity contribution in [3.63, 3.8) is 0 Å². The van der Waals surface area contributed by atoms with Gasteiger partial charge in [0.15, 0.2) is 5.69 Å². The highest BCUT2D eigenvalue weighted by Crippen LogP contribution is 2.31. The van der Waals surface area contributed by atoms with Crippen LogP contribution >= 0.6 is 15.9 Å². The van der Waals surface area contributed by atoms with E-state index in [-0.39, 0.29) is 11.6 Å². The molecule has 0 fully saturated rings. The molecule has 2 N–H and O–H groups in total. The van der Waals surface area contributed by atoms with Crippen molar-refractivity contribution in [3.05, 3.63) is 34.6 Å². The molecule has 1 aromatic heterocycles. The maximum absolute atomic E-state index is 11.5.